The zero-order valence-electron chi connectivity index (χ0n) is 18.1. The van der Waals surface area contributed by atoms with Crippen LogP contribution in [0.4, 0.5) is 0 Å². The Morgan fingerprint density at radius 1 is 0.633 bits per heavy atom. The van der Waals surface area contributed by atoms with Gasteiger partial charge in [-0.2, -0.15) is 0 Å². The van der Waals surface area contributed by atoms with E-state index in [4.69, 9.17) is 0 Å². The average Bonchev–Trinajstić information content (AvgIpc) is 2.68. The Labute approximate surface area is 179 Å². The van der Waals surface area contributed by atoms with E-state index < -0.39 is 0 Å². The third-order valence-corrected chi connectivity index (χ3v) is 5.67. The summed E-state index contributed by atoms with van der Waals surface area (Å²) in [5.74, 6) is 0.761. The minimum atomic E-state index is -0.258. The maximum Gasteiger partial charge on any atom is 0.115 e. The second-order valence-corrected chi connectivity index (χ2v) is 9.09. The number of phenolic OH excluding ortho intramolecular Hbond substituents is 3. The molecule has 0 bridgehead atoms. The van der Waals surface area contributed by atoms with E-state index in [2.05, 4.69) is 33.8 Å². The Hall–Kier alpha value is -3.20. The van der Waals surface area contributed by atoms with E-state index in [0.717, 1.165) is 23.1 Å². The van der Waals surface area contributed by atoms with Crippen molar-refractivity contribution in [3.05, 3.63) is 95.6 Å². The summed E-state index contributed by atoms with van der Waals surface area (Å²) in [5.41, 5.74) is 4.07. The van der Waals surface area contributed by atoms with E-state index in [9.17, 15) is 15.3 Å². The Kier molecular flexibility index (Phi) is 5.93. The van der Waals surface area contributed by atoms with Crippen LogP contribution in [0.1, 0.15) is 50.8 Å². The van der Waals surface area contributed by atoms with Crippen molar-refractivity contribution in [3.8, 4) is 17.2 Å². The van der Waals surface area contributed by atoms with Crippen LogP contribution >= 0.6 is 0 Å². The van der Waals surface area contributed by atoms with Gasteiger partial charge in [0.15, 0.2) is 0 Å². The van der Waals surface area contributed by atoms with Gasteiger partial charge in [-0.25, -0.2) is 0 Å². The SMILES string of the molecule is CC(C)(C=C(CC(C)(C)c1ccc(O)cc1)c1ccc(O)cc1)c1ccc(O)cc1. The molecule has 0 radical (unpaired) electrons. The molecule has 3 aromatic rings. The predicted molar refractivity (Wildman–Crippen MR) is 123 cm³/mol. The van der Waals surface area contributed by atoms with Gasteiger partial charge in [-0.15, -0.1) is 0 Å². The molecule has 0 fully saturated rings. The zero-order valence-corrected chi connectivity index (χ0v) is 18.1. The molecule has 0 aliphatic carbocycles. The fourth-order valence-corrected chi connectivity index (χ4v) is 3.81. The molecule has 0 aliphatic heterocycles. The highest BCUT2D eigenvalue weighted by atomic mass is 16.3. The molecule has 0 saturated carbocycles. The van der Waals surface area contributed by atoms with Crippen LogP contribution in [-0.4, -0.2) is 15.3 Å². The molecule has 0 unspecified atom stereocenters. The number of hydrogen-bond donors (Lipinski definition) is 3. The van der Waals surface area contributed by atoms with Gasteiger partial charge >= 0.3 is 0 Å². The lowest BCUT2D eigenvalue weighted by atomic mass is 9.74. The van der Waals surface area contributed by atoms with Gasteiger partial charge in [0.2, 0.25) is 0 Å². The summed E-state index contributed by atoms with van der Waals surface area (Å²) in [4.78, 5) is 0. The highest BCUT2D eigenvalue weighted by Crippen LogP contribution is 2.38. The van der Waals surface area contributed by atoms with Crippen LogP contribution in [0.5, 0.6) is 17.2 Å². The van der Waals surface area contributed by atoms with E-state index in [1.165, 1.54) is 5.57 Å². The van der Waals surface area contributed by atoms with Crippen molar-refractivity contribution in [1.82, 2.24) is 0 Å². The molecule has 0 aromatic heterocycles. The van der Waals surface area contributed by atoms with Crippen molar-refractivity contribution < 1.29 is 15.3 Å². The summed E-state index contributed by atoms with van der Waals surface area (Å²) < 4.78 is 0. The van der Waals surface area contributed by atoms with Crippen LogP contribution in [0.3, 0.4) is 0 Å². The molecule has 156 valence electrons. The number of rotatable bonds is 6. The topological polar surface area (TPSA) is 60.7 Å². The van der Waals surface area contributed by atoms with E-state index in [1.54, 1.807) is 36.4 Å². The van der Waals surface area contributed by atoms with Crippen LogP contribution in [0.2, 0.25) is 0 Å². The number of aromatic hydroxyl groups is 3. The van der Waals surface area contributed by atoms with Gasteiger partial charge in [0.1, 0.15) is 17.2 Å². The van der Waals surface area contributed by atoms with Crippen molar-refractivity contribution in [2.45, 2.75) is 44.9 Å². The fourth-order valence-electron chi connectivity index (χ4n) is 3.81. The lowest BCUT2D eigenvalue weighted by Gasteiger charge is -2.30. The molecule has 0 aliphatic rings. The van der Waals surface area contributed by atoms with Crippen LogP contribution in [0, 0.1) is 0 Å². The van der Waals surface area contributed by atoms with E-state index >= 15 is 0 Å². The maximum absolute atomic E-state index is 9.74. The van der Waals surface area contributed by atoms with Crippen LogP contribution in [0.25, 0.3) is 5.57 Å². The molecule has 3 rings (SSSR count). The van der Waals surface area contributed by atoms with Crippen LogP contribution in [0.15, 0.2) is 78.9 Å². The summed E-state index contributed by atoms with van der Waals surface area (Å²) in [5, 5.41) is 29.0. The molecular formula is C27H30O3. The van der Waals surface area contributed by atoms with Gasteiger partial charge in [0.25, 0.3) is 0 Å². The van der Waals surface area contributed by atoms with E-state index in [1.807, 2.05) is 36.4 Å². The second-order valence-electron chi connectivity index (χ2n) is 9.09. The Balaban J connectivity index is 2.04. The van der Waals surface area contributed by atoms with Crippen LogP contribution < -0.4 is 0 Å². The van der Waals surface area contributed by atoms with Gasteiger partial charge < -0.3 is 15.3 Å². The van der Waals surface area contributed by atoms with E-state index in [-0.39, 0.29) is 28.1 Å². The van der Waals surface area contributed by atoms with Crippen molar-refractivity contribution in [2.24, 2.45) is 0 Å². The Morgan fingerprint density at radius 3 is 1.50 bits per heavy atom. The quantitative estimate of drug-likeness (QED) is 0.439. The first-order valence-electron chi connectivity index (χ1n) is 10.2. The summed E-state index contributed by atoms with van der Waals surface area (Å²) in [6, 6.07) is 22.0. The molecular weight excluding hydrogens is 372 g/mol. The summed E-state index contributed by atoms with van der Waals surface area (Å²) in [6.45, 7) is 8.71. The molecule has 0 heterocycles. The molecule has 0 saturated heterocycles. The number of benzene rings is 3. The highest BCUT2D eigenvalue weighted by molar-refractivity contribution is 5.69. The minimum Gasteiger partial charge on any atom is -0.508 e. The molecule has 3 aromatic carbocycles. The summed E-state index contributed by atoms with van der Waals surface area (Å²) >= 11 is 0. The first kappa shape index (κ1) is 21.5. The molecule has 3 N–H and O–H groups in total. The number of phenols is 3. The average molecular weight is 403 g/mol. The minimum absolute atomic E-state index is 0.164. The van der Waals surface area contributed by atoms with Gasteiger partial charge in [0.05, 0.1) is 0 Å². The monoisotopic (exact) mass is 402 g/mol. The maximum atomic E-state index is 9.74. The zero-order chi connectivity index (χ0) is 21.9. The highest BCUT2D eigenvalue weighted by Gasteiger charge is 2.26. The van der Waals surface area contributed by atoms with Crippen molar-refractivity contribution in [3.63, 3.8) is 0 Å². The molecule has 0 amide bonds. The number of hydrogen-bond acceptors (Lipinski definition) is 3. The smallest absolute Gasteiger partial charge is 0.115 e. The van der Waals surface area contributed by atoms with Crippen LogP contribution in [-0.2, 0) is 10.8 Å². The first-order valence-corrected chi connectivity index (χ1v) is 10.2. The normalized spacial score (nSPS) is 12.7. The summed E-state index contributed by atoms with van der Waals surface area (Å²) in [6.07, 6.45) is 3.05. The van der Waals surface area contributed by atoms with Crippen molar-refractivity contribution in [2.75, 3.05) is 0 Å². The van der Waals surface area contributed by atoms with Crippen molar-refractivity contribution in [1.29, 1.82) is 0 Å². The van der Waals surface area contributed by atoms with Gasteiger partial charge in [0, 0.05) is 5.41 Å². The first-order chi connectivity index (χ1) is 14.1. The standard InChI is InChI=1S/C27H30O3/c1-26(2,21-7-13-24(29)14-8-21)17-20(19-5-11-23(28)12-6-19)18-27(3,4)22-9-15-25(30)16-10-22/h5-17,28-30H,18H2,1-4H3. The molecule has 0 atom stereocenters. The van der Waals surface area contributed by atoms with Gasteiger partial charge in [-0.05, 0) is 70.5 Å². The van der Waals surface area contributed by atoms with Gasteiger partial charge in [-0.1, -0.05) is 70.2 Å². The molecule has 3 nitrogen and oxygen atoms in total. The Morgan fingerprint density at radius 2 is 1.03 bits per heavy atom. The molecule has 0 spiro atoms. The second kappa shape index (κ2) is 8.27. The summed E-state index contributed by atoms with van der Waals surface area (Å²) in [7, 11) is 0. The molecule has 30 heavy (non-hydrogen) atoms. The van der Waals surface area contributed by atoms with E-state index in [0.29, 0.717) is 0 Å². The third-order valence-electron chi connectivity index (χ3n) is 5.67. The lowest BCUT2D eigenvalue weighted by Crippen LogP contribution is -2.20. The Bertz CT molecular complexity index is 1010. The molecule has 3 heteroatoms. The predicted octanol–water partition coefficient (Wildman–Crippen LogP) is 6.53. The number of allylic oxidation sites excluding steroid dienone is 2. The third kappa shape index (κ3) is 5.04. The van der Waals surface area contributed by atoms with Crippen molar-refractivity contribution >= 4 is 5.57 Å². The largest absolute Gasteiger partial charge is 0.508 e. The lowest BCUT2D eigenvalue weighted by molar-refractivity contribution is 0.473. The fraction of sp³-hybridized carbons (Fsp3) is 0.259. The van der Waals surface area contributed by atoms with Gasteiger partial charge in [-0.3, -0.25) is 0 Å².